The third-order valence-electron chi connectivity index (χ3n) is 3.92. The Labute approximate surface area is 123 Å². The summed E-state index contributed by atoms with van der Waals surface area (Å²) in [7, 11) is 0. The van der Waals surface area contributed by atoms with Gasteiger partial charge in [-0.2, -0.15) is 0 Å². The highest BCUT2D eigenvalue weighted by molar-refractivity contribution is 5.83. The summed E-state index contributed by atoms with van der Waals surface area (Å²) in [5, 5.41) is 4.93. The second-order valence-corrected chi connectivity index (χ2v) is 6.00. The summed E-state index contributed by atoms with van der Waals surface area (Å²) in [4.78, 5) is 0. The summed E-state index contributed by atoms with van der Waals surface area (Å²) in [5.74, 6) is 0.817. The zero-order valence-corrected chi connectivity index (χ0v) is 13.2. The summed E-state index contributed by atoms with van der Waals surface area (Å²) in [5.41, 5.74) is 2.87. The number of hydrogen-bond acceptors (Lipinski definition) is 1. The normalized spacial score (nSPS) is 11.6. The third kappa shape index (κ3) is 3.86. The van der Waals surface area contributed by atoms with Crippen LogP contribution in [-0.2, 0) is 13.0 Å². The van der Waals surface area contributed by atoms with E-state index in [-0.39, 0.29) is 0 Å². The molecule has 1 N–H and O–H groups in total. The smallest absolute Gasteiger partial charge is 0.0513 e. The van der Waals surface area contributed by atoms with E-state index in [1.807, 2.05) is 0 Å². The second-order valence-electron chi connectivity index (χ2n) is 6.00. The molecule has 0 fully saturated rings. The molecule has 0 aliphatic carbocycles. The van der Waals surface area contributed by atoms with Crippen LogP contribution in [0.2, 0.25) is 0 Å². The number of nitrogens with zero attached hydrogens (tertiary/aromatic N) is 1. The van der Waals surface area contributed by atoms with Crippen molar-refractivity contribution in [1.29, 1.82) is 0 Å². The summed E-state index contributed by atoms with van der Waals surface area (Å²) in [6, 6.07) is 8.85. The van der Waals surface area contributed by atoms with Crippen LogP contribution >= 0.6 is 0 Å². The van der Waals surface area contributed by atoms with Crippen LogP contribution in [0.15, 0.2) is 30.5 Å². The number of hydrogen-bond donors (Lipinski definition) is 1. The number of aromatic nitrogens is 1. The Balaban J connectivity index is 1.87. The fourth-order valence-electron chi connectivity index (χ4n) is 2.77. The average Bonchev–Trinajstić information content (AvgIpc) is 2.85. The summed E-state index contributed by atoms with van der Waals surface area (Å²) in [6.45, 7) is 10.1. The molecular formula is C18H28N2. The van der Waals surface area contributed by atoms with Crippen molar-refractivity contribution in [2.45, 2.75) is 46.6 Å². The molecule has 0 aliphatic heterocycles. The molecule has 2 rings (SSSR count). The number of aryl methyl sites for hydroxylation is 1. The van der Waals surface area contributed by atoms with E-state index in [4.69, 9.17) is 0 Å². The lowest BCUT2D eigenvalue weighted by Crippen LogP contribution is -2.21. The highest BCUT2D eigenvalue weighted by Crippen LogP contribution is 2.20. The van der Waals surface area contributed by atoms with E-state index in [1.165, 1.54) is 29.3 Å². The van der Waals surface area contributed by atoms with Crippen LogP contribution in [0.4, 0.5) is 0 Å². The molecule has 1 aromatic carbocycles. The molecule has 2 heteroatoms. The van der Waals surface area contributed by atoms with Crippen LogP contribution in [-0.4, -0.2) is 17.7 Å². The summed E-state index contributed by atoms with van der Waals surface area (Å²) in [6.07, 6.45) is 5.92. The van der Waals surface area contributed by atoms with Gasteiger partial charge in [0, 0.05) is 19.3 Å². The van der Waals surface area contributed by atoms with Crippen molar-refractivity contribution < 1.29 is 0 Å². The van der Waals surface area contributed by atoms with Crippen molar-refractivity contribution in [3.8, 4) is 0 Å². The van der Waals surface area contributed by atoms with Gasteiger partial charge in [0.05, 0.1) is 5.52 Å². The van der Waals surface area contributed by atoms with Crippen LogP contribution in [0.1, 0.15) is 39.2 Å². The minimum atomic E-state index is 0.817. The number of para-hydroxylation sites is 1. The molecule has 2 nitrogen and oxygen atoms in total. The van der Waals surface area contributed by atoms with Gasteiger partial charge in [-0.1, -0.05) is 39.0 Å². The monoisotopic (exact) mass is 272 g/mol. The van der Waals surface area contributed by atoms with Crippen LogP contribution in [0.5, 0.6) is 0 Å². The molecule has 0 bridgehead atoms. The van der Waals surface area contributed by atoms with Gasteiger partial charge in [0.25, 0.3) is 0 Å². The summed E-state index contributed by atoms with van der Waals surface area (Å²) >= 11 is 0. The Kier molecular flexibility index (Phi) is 5.66. The molecule has 0 saturated heterocycles. The Morgan fingerprint density at radius 1 is 1.15 bits per heavy atom. The van der Waals surface area contributed by atoms with Gasteiger partial charge in [-0.25, -0.2) is 0 Å². The molecule has 0 radical (unpaired) electrons. The van der Waals surface area contributed by atoms with Crippen LogP contribution in [0, 0.1) is 5.92 Å². The quantitative estimate of drug-likeness (QED) is 0.712. The third-order valence-corrected chi connectivity index (χ3v) is 3.92. The maximum Gasteiger partial charge on any atom is 0.0513 e. The van der Waals surface area contributed by atoms with E-state index in [0.29, 0.717) is 0 Å². The van der Waals surface area contributed by atoms with E-state index in [9.17, 15) is 0 Å². The van der Waals surface area contributed by atoms with Gasteiger partial charge < -0.3 is 9.88 Å². The van der Waals surface area contributed by atoms with Crippen molar-refractivity contribution in [1.82, 2.24) is 9.88 Å². The maximum atomic E-state index is 3.56. The first-order valence-corrected chi connectivity index (χ1v) is 7.99. The molecule has 20 heavy (non-hydrogen) atoms. The lowest BCUT2D eigenvalue weighted by Gasteiger charge is -2.10. The van der Waals surface area contributed by atoms with Crippen molar-refractivity contribution in [2.75, 3.05) is 13.1 Å². The molecule has 2 aromatic rings. The first kappa shape index (κ1) is 15.1. The van der Waals surface area contributed by atoms with Crippen LogP contribution < -0.4 is 5.32 Å². The minimum Gasteiger partial charge on any atom is -0.346 e. The lowest BCUT2D eigenvalue weighted by molar-refractivity contribution is 0.517. The topological polar surface area (TPSA) is 17.0 Å². The van der Waals surface area contributed by atoms with Gasteiger partial charge in [0.15, 0.2) is 0 Å². The first-order valence-electron chi connectivity index (χ1n) is 7.99. The maximum absolute atomic E-state index is 3.56. The van der Waals surface area contributed by atoms with Crippen molar-refractivity contribution in [3.05, 3.63) is 36.0 Å². The molecule has 0 atom stereocenters. The summed E-state index contributed by atoms with van der Waals surface area (Å²) < 4.78 is 2.39. The molecule has 1 aromatic heterocycles. The van der Waals surface area contributed by atoms with Crippen LogP contribution in [0.3, 0.4) is 0 Å². The molecule has 0 unspecified atom stereocenters. The van der Waals surface area contributed by atoms with Crippen molar-refractivity contribution >= 4 is 10.9 Å². The fraction of sp³-hybridized carbons (Fsp3) is 0.556. The molecule has 0 saturated carbocycles. The molecule has 0 aliphatic rings. The number of fused-ring (bicyclic) bond motifs is 1. The van der Waals surface area contributed by atoms with E-state index in [1.54, 1.807) is 0 Å². The standard InChI is InChI=1S/C18H28N2/c1-4-16-8-5-9-17-10-13-20(18(16)17)14-12-19-11-6-7-15(2)3/h5,8-10,13,15,19H,4,6-7,11-12,14H2,1-3H3. The van der Waals surface area contributed by atoms with Gasteiger partial charge in [-0.3, -0.25) is 0 Å². The molecule has 0 amide bonds. The average molecular weight is 272 g/mol. The Hall–Kier alpha value is -1.28. The largest absolute Gasteiger partial charge is 0.346 e. The molecular weight excluding hydrogens is 244 g/mol. The van der Waals surface area contributed by atoms with E-state index in [2.05, 4.69) is 61.1 Å². The van der Waals surface area contributed by atoms with Gasteiger partial charge >= 0.3 is 0 Å². The Bertz CT molecular complexity index is 525. The van der Waals surface area contributed by atoms with E-state index >= 15 is 0 Å². The first-order chi connectivity index (χ1) is 9.72. The zero-order chi connectivity index (χ0) is 14.4. The van der Waals surface area contributed by atoms with Crippen molar-refractivity contribution in [3.63, 3.8) is 0 Å². The Morgan fingerprint density at radius 2 is 2.00 bits per heavy atom. The van der Waals surface area contributed by atoms with Gasteiger partial charge in [0.1, 0.15) is 0 Å². The van der Waals surface area contributed by atoms with Crippen LogP contribution in [0.25, 0.3) is 10.9 Å². The van der Waals surface area contributed by atoms with Gasteiger partial charge in [0.2, 0.25) is 0 Å². The SMILES string of the molecule is CCc1cccc2ccn(CCNCCCC(C)C)c12. The second kappa shape index (κ2) is 7.49. The highest BCUT2D eigenvalue weighted by Gasteiger charge is 2.04. The minimum absolute atomic E-state index is 0.817. The zero-order valence-electron chi connectivity index (χ0n) is 13.2. The van der Waals surface area contributed by atoms with Gasteiger partial charge in [-0.05, 0) is 48.7 Å². The number of rotatable bonds is 8. The highest BCUT2D eigenvalue weighted by atomic mass is 15.0. The molecule has 1 heterocycles. The van der Waals surface area contributed by atoms with Crippen molar-refractivity contribution in [2.24, 2.45) is 5.92 Å². The fourth-order valence-corrected chi connectivity index (χ4v) is 2.77. The van der Waals surface area contributed by atoms with E-state index < -0.39 is 0 Å². The van der Waals surface area contributed by atoms with E-state index in [0.717, 1.165) is 32.0 Å². The number of nitrogens with one attached hydrogen (secondary N) is 1. The Morgan fingerprint density at radius 3 is 2.75 bits per heavy atom. The molecule has 0 spiro atoms. The lowest BCUT2D eigenvalue weighted by atomic mass is 10.1. The van der Waals surface area contributed by atoms with Gasteiger partial charge in [-0.15, -0.1) is 0 Å². The molecule has 110 valence electrons. The predicted octanol–water partition coefficient (Wildman–Crippen LogP) is 4.23. The predicted molar refractivity (Wildman–Crippen MR) is 88.3 cm³/mol. The number of benzene rings is 1.